The van der Waals surface area contributed by atoms with Crippen LogP contribution in [0.4, 0.5) is 11.5 Å². The van der Waals surface area contributed by atoms with Gasteiger partial charge in [0.05, 0.1) is 22.7 Å². The molecule has 10 heteroatoms. The molecule has 1 atom stereocenters. The molecule has 1 aromatic carbocycles. The van der Waals surface area contributed by atoms with Crippen molar-refractivity contribution in [1.29, 1.82) is 0 Å². The fourth-order valence-corrected chi connectivity index (χ4v) is 5.11. The van der Waals surface area contributed by atoms with Gasteiger partial charge in [0.15, 0.2) is 0 Å². The minimum atomic E-state index is -0.815. The number of aryl methyl sites for hydroxylation is 1. The molecule has 0 fully saturated rings. The highest BCUT2D eigenvalue weighted by atomic mass is 35.5. The molecule has 3 amide bonds. The van der Waals surface area contributed by atoms with Crippen LogP contribution in [0.2, 0.25) is 5.02 Å². The number of hydrogen-bond acceptors (Lipinski definition) is 6. The fourth-order valence-electron chi connectivity index (χ4n) is 4.03. The lowest BCUT2D eigenvalue weighted by atomic mass is 10.1. The molecule has 37 heavy (non-hydrogen) atoms. The number of nitrogens with one attached hydrogen (secondary N) is 2. The number of carbonyl (C=O) groups is 3. The van der Waals surface area contributed by atoms with Crippen LogP contribution in [0.3, 0.4) is 0 Å². The maximum Gasteiger partial charge on any atom is 0.266 e. The average Bonchev–Trinajstić information content (AvgIpc) is 3.33. The molecule has 8 nitrogen and oxygen atoms in total. The maximum atomic E-state index is 13.7. The van der Waals surface area contributed by atoms with Gasteiger partial charge >= 0.3 is 0 Å². The second-order valence-corrected chi connectivity index (χ2v) is 10.2. The van der Waals surface area contributed by atoms with Crippen LogP contribution < -0.4 is 10.6 Å². The van der Waals surface area contributed by atoms with Gasteiger partial charge in [0.2, 0.25) is 5.91 Å². The van der Waals surface area contributed by atoms with Gasteiger partial charge in [-0.2, -0.15) is 0 Å². The molecule has 3 aromatic heterocycles. The molecule has 2 N–H and O–H groups in total. The largest absolute Gasteiger partial charge is 0.323 e. The zero-order valence-electron chi connectivity index (χ0n) is 19.8. The van der Waals surface area contributed by atoms with E-state index in [1.54, 1.807) is 54.9 Å². The van der Waals surface area contributed by atoms with E-state index < -0.39 is 6.04 Å². The first-order chi connectivity index (χ1) is 17.9. The van der Waals surface area contributed by atoms with Crippen molar-refractivity contribution in [2.45, 2.75) is 25.9 Å². The summed E-state index contributed by atoms with van der Waals surface area (Å²) in [7, 11) is 0. The molecule has 0 bridgehead atoms. The Hall–Kier alpha value is -4.08. The third-order valence-electron chi connectivity index (χ3n) is 5.90. The van der Waals surface area contributed by atoms with Gasteiger partial charge in [-0.3, -0.25) is 19.4 Å². The van der Waals surface area contributed by atoms with E-state index in [1.807, 2.05) is 25.1 Å². The molecule has 1 aliphatic heterocycles. The minimum absolute atomic E-state index is 0.145. The predicted molar refractivity (Wildman–Crippen MR) is 143 cm³/mol. The van der Waals surface area contributed by atoms with Crippen LogP contribution in [0.1, 0.15) is 36.2 Å². The Morgan fingerprint density at radius 3 is 2.73 bits per heavy atom. The smallest absolute Gasteiger partial charge is 0.266 e. The number of hydrogen-bond donors (Lipinski definition) is 2. The molecule has 4 heterocycles. The molecular formula is C27H22ClN5O3S. The summed E-state index contributed by atoms with van der Waals surface area (Å²) in [5.74, 6) is -0.484. The first kappa shape index (κ1) is 24.6. The third-order valence-corrected chi connectivity index (χ3v) is 7.21. The number of amides is 3. The molecule has 186 valence electrons. The van der Waals surface area contributed by atoms with Crippen LogP contribution in [0.15, 0.2) is 73.1 Å². The Labute approximate surface area is 222 Å². The van der Waals surface area contributed by atoms with Gasteiger partial charge in [-0.1, -0.05) is 23.7 Å². The first-order valence-corrected chi connectivity index (χ1v) is 12.7. The average molecular weight is 532 g/mol. The van der Waals surface area contributed by atoms with E-state index in [9.17, 15) is 14.4 Å². The predicted octanol–water partition coefficient (Wildman–Crippen LogP) is 4.96. The lowest BCUT2D eigenvalue weighted by Gasteiger charge is -2.28. The summed E-state index contributed by atoms with van der Waals surface area (Å²) < 4.78 is 0. The summed E-state index contributed by atoms with van der Waals surface area (Å²) in [6, 6.07) is 16.5. The van der Waals surface area contributed by atoms with Crippen molar-refractivity contribution in [3.63, 3.8) is 0 Å². The number of carbonyl (C=O) groups excluding carboxylic acids is 3. The SMILES string of the molecule is Cc1ccc(NC(=O)c2ccc(CN3C(=O)c4ccc(Cl)cc4NC(=O)C3Cc3ccccn3)s2)nc1. The molecule has 0 aliphatic carbocycles. The summed E-state index contributed by atoms with van der Waals surface area (Å²) in [5, 5.41) is 6.05. The molecule has 0 radical (unpaired) electrons. The van der Waals surface area contributed by atoms with Crippen LogP contribution in [0, 0.1) is 6.92 Å². The van der Waals surface area contributed by atoms with Gasteiger partial charge in [-0.25, -0.2) is 4.98 Å². The highest BCUT2D eigenvalue weighted by Crippen LogP contribution is 2.30. The number of thiophene rings is 1. The van der Waals surface area contributed by atoms with E-state index in [2.05, 4.69) is 20.6 Å². The second-order valence-electron chi connectivity index (χ2n) is 8.59. The molecule has 1 unspecified atom stereocenters. The highest BCUT2D eigenvalue weighted by molar-refractivity contribution is 7.14. The number of halogens is 1. The minimum Gasteiger partial charge on any atom is -0.323 e. The number of benzene rings is 1. The monoisotopic (exact) mass is 531 g/mol. The van der Waals surface area contributed by atoms with Gasteiger partial charge in [0, 0.05) is 34.4 Å². The Kier molecular flexibility index (Phi) is 6.98. The molecule has 0 saturated carbocycles. The van der Waals surface area contributed by atoms with E-state index in [0.717, 1.165) is 10.4 Å². The van der Waals surface area contributed by atoms with Gasteiger partial charge in [0.25, 0.3) is 11.8 Å². The van der Waals surface area contributed by atoms with Crippen molar-refractivity contribution in [3.8, 4) is 0 Å². The summed E-state index contributed by atoms with van der Waals surface area (Å²) in [6.07, 6.45) is 3.56. The summed E-state index contributed by atoms with van der Waals surface area (Å²) in [5.41, 5.74) is 2.39. The molecule has 0 spiro atoms. The van der Waals surface area contributed by atoms with E-state index in [4.69, 9.17) is 11.6 Å². The Morgan fingerprint density at radius 2 is 1.97 bits per heavy atom. The first-order valence-electron chi connectivity index (χ1n) is 11.5. The van der Waals surface area contributed by atoms with Crippen molar-refractivity contribution >= 4 is 52.2 Å². The number of fused-ring (bicyclic) bond motifs is 1. The number of rotatable bonds is 6. The van der Waals surface area contributed by atoms with Crippen molar-refractivity contribution in [2.75, 3.05) is 10.6 Å². The molecule has 0 saturated heterocycles. The fraction of sp³-hybridized carbons (Fsp3) is 0.148. The maximum absolute atomic E-state index is 13.7. The number of aromatic nitrogens is 2. The summed E-state index contributed by atoms with van der Waals surface area (Å²) in [6.45, 7) is 2.06. The van der Waals surface area contributed by atoms with Crippen LogP contribution in [0.5, 0.6) is 0 Å². The van der Waals surface area contributed by atoms with Crippen LogP contribution >= 0.6 is 22.9 Å². The van der Waals surface area contributed by atoms with E-state index in [0.29, 0.717) is 32.7 Å². The number of nitrogens with zero attached hydrogens (tertiary/aromatic N) is 3. The van der Waals surface area contributed by atoms with Crippen LogP contribution in [-0.4, -0.2) is 38.6 Å². The molecule has 1 aliphatic rings. The Bertz CT molecular complexity index is 1470. The van der Waals surface area contributed by atoms with E-state index in [1.165, 1.54) is 16.2 Å². The molecular weight excluding hydrogens is 510 g/mol. The number of anilines is 2. The lowest BCUT2D eigenvalue weighted by molar-refractivity contribution is -0.120. The van der Waals surface area contributed by atoms with Crippen molar-refractivity contribution in [3.05, 3.63) is 105 Å². The quantitative estimate of drug-likeness (QED) is 0.366. The van der Waals surface area contributed by atoms with Gasteiger partial charge in [-0.05, 0) is 61.0 Å². The topological polar surface area (TPSA) is 104 Å². The van der Waals surface area contributed by atoms with E-state index >= 15 is 0 Å². The van der Waals surface area contributed by atoms with Gasteiger partial charge < -0.3 is 15.5 Å². The van der Waals surface area contributed by atoms with Crippen molar-refractivity contribution in [2.24, 2.45) is 0 Å². The zero-order chi connectivity index (χ0) is 25.9. The van der Waals surface area contributed by atoms with Gasteiger partial charge in [0.1, 0.15) is 11.9 Å². The molecule has 5 rings (SSSR count). The van der Waals surface area contributed by atoms with E-state index in [-0.39, 0.29) is 30.7 Å². The summed E-state index contributed by atoms with van der Waals surface area (Å²) >= 11 is 7.39. The number of pyridine rings is 2. The van der Waals surface area contributed by atoms with Crippen molar-refractivity contribution < 1.29 is 14.4 Å². The second kappa shape index (κ2) is 10.5. The normalized spacial score (nSPS) is 15.1. The van der Waals surface area contributed by atoms with Crippen molar-refractivity contribution in [1.82, 2.24) is 14.9 Å². The summed E-state index contributed by atoms with van der Waals surface area (Å²) in [4.78, 5) is 51.1. The van der Waals surface area contributed by atoms with Gasteiger partial charge in [-0.15, -0.1) is 11.3 Å². The zero-order valence-corrected chi connectivity index (χ0v) is 21.3. The van der Waals surface area contributed by atoms with Crippen LogP contribution in [0.25, 0.3) is 0 Å². The van der Waals surface area contributed by atoms with Crippen LogP contribution in [-0.2, 0) is 17.8 Å². The highest BCUT2D eigenvalue weighted by Gasteiger charge is 2.36. The third kappa shape index (κ3) is 5.52. The Balaban J connectivity index is 1.42. The molecule has 4 aromatic rings. The standard InChI is InChI=1S/C27H22ClN5O3S/c1-16-5-10-24(30-14-16)32-26(35)23-9-7-19(37-23)15-33-22(13-18-4-2-3-11-29-18)25(34)31-21-12-17(28)6-8-20(21)27(33)36/h2-12,14,22H,13,15H2,1H3,(H,31,34)(H,30,32,35). The Morgan fingerprint density at radius 1 is 1.11 bits per heavy atom. The lowest BCUT2D eigenvalue weighted by Crippen LogP contribution is -2.46.